The summed E-state index contributed by atoms with van der Waals surface area (Å²) >= 11 is 0. The molecule has 1 saturated heterocycles. The molecule has 1 fully saturated rings. The molecule has 0 bridgehead atoms. The first-order valence-corrected chi connectivity index (χ1v) is 9.40. The maximum Gasteiger partial charge on any atom is 0.327 e. The third kappa shape index (κ3) is 2.97. The fourth-order valence-corrected chi connectivity index (χ4v) is 3.79. The molecule has 0 radical (unpaired) electrons. The summed E-state index contributed by atoms with van der Waals surface area (Å²) in [7, 11) is 0. The number of carbonyl (C=O) groups is 2. The van der Waals surface area contributed by atoms with Crippen LogP contribution in [0.5, 0.6) is 0 Å². The van der Waals surface area contributed by atoms with Crippen LogP contribution in [0, 0.1) is 5.41 Å². The van der Waals surface area contributed by atoms with E-state index in [4.69, 9.17) is 9.47 Å². The molecular weight excluding hydrogens is 388 g/mol. The van der Waals surface area contributed by atoms with Gasteiger partial charge in [0.15, 0.2) is 5.41 Å². The predicted octanol–water partition coefficient (Wildman–Crippen LogP) is 1.84. The first-order chi connectivity index (χ1) is 14.3. The Morgan fingerprint density at radius 1 is 0.733 bits per heavy atom. The molecular formula is C20H18N6O4. The number of hydrogen-bond donors (Lipinski definition) is 2. The monoisotopic (exact) mass is 406 g/mol. The Morgan fingerprint density at radius 2 is 1.17 bits per heavy atom. The minimum Gasteiger partial charge on any atom is -0.422 e. The number of benzene rings is 2. The average molecular weight is 406 g/mol. The molecule has 10 nitrogen and oxygen atoms in total. The third-order valence-electron chi connectivity index (χ3n) is 5.23. The summed E-state index contributed by atoms with van der Waals surface area (Å²) in [5.41, 5.74) is 2.62. The van der Waals surface area contributed by atoms with E-state index in [2.05, 4.69) is 30.8 Å². The van der Waals surface area contributed by atoms with Crippen LogP contribution in [0.1, 0.15) is 25.0 Å². The van der Waals surface area contributed by atoms with Crippen LogP contribution in [0.3, 0.4) is 0 Å². The van der Waals surface area contributed by atoms with Gasteiger partial charge in [0, 0.05) is 13.8 Å². The summed E-state index contributed by atoms with van der Waals surface area (Å²) in [5, 5.41) is 21.3. The molecule has 0 spiro atoms. The Kier molecular flexibility index (Phi) is 3.85. The van der Waals surface area contributed by atoms with E-state index in [0.29, 0.717) is 22.1 Å². The molecule has 10 heteroatoms. The van der Waals surface area contributed by atoms with Crippen LogP contribution in [-0.2, 0) is 31.9 Å². The molecule has 3 heterocycles. The van der Waals surface area contributed by atoms with E-state index in [1.807, 2.05) is 12.1 Å². The van der Waals surface area contributed by atoms with Crippen molar-refractivity contribution in [3.8, 4) is 0 Å². The number of aromatic nitrogens is 6. The lowest BCUT2D eigenvalue weighted by Crippen LogP contribution is -2.56. The molecule has 4 aromatic rings. The summed E-state index contributed by atoms with van der Waals surface area (Å²) in [6.07, 6.45) is 0.195. The molecule has 0 atom stereocenters. The van der Waals surface area contributed by atoms with Gasteiger partial charge < -0.3 is 9.47 Å². The topological polar surface area (TPSA) is 136 Å². The van der Waals surface area contributed by atoms with Gasteiger partial charge in [0.25, 0.3) is 5.79 Å². The second kappa shape index (κ2) is 6.34. The van der Waals surface area contributed by atoms with Crippen LogP contribution >= 0.6 is 0 Å². The van der Waals surface area contributed by atoms with E-state index in [-0.39, 0.29) is 12.8 Å². The molecule has 1 aliphatic heterocycles. The molecule has 30 heavy (non-hydrogen) atoms. The van der Waals surface area contributed by atoms with Crippen LogP contribution in [0.4, 0.5) is 0 Å². The number of esters is 2. The van der Waals surface area contributed by atoms with Gasteiger partial charge in [-0.25, -0.2) is 0 Å². The van der Waals surface area contributed by atoms with Crippen LogP contribution < -0.4 is 0 Å². The first-order valence-electron chi connectivity index (χ1n) is 9.40. The number of aromatic amines is 2. The number of rotatable bonds is 4. The zero-order chi connectivity index (χ0) is 20.9. The number of nitrogens with one attached hydrogen (secondary N) is 2. The number of carbonyl (C=O) groups excluding carboxylic acids is 2. The Labute approximate surface area is 169 Å². The molecule has 2 N–H and O–H groups in total. The summed E-state index contributed by atoms with van der Waals surface area (Å²) in [4.78, 5) is 26.4. The SMILES string of the molecule is CC1(C)OC(=O)C(Cc2ccc3n[nH]nc3c2)(Cc2ccc3n[nH]nc3c2)C(=O)O1. The van der Waals surface area contributed by atoms with Gasteiger partial charge in [-0.15, -0.1) is 0 Å². The van der Waals surface area contributed by atoms with Gasteiger partial charge >= 0.3 is 11.9 Å². The smallest absolute Gasteiger partial charge is 0.327 e. The summed E-state index contributed by atoms with van der Waals surface area (Å²) in [6, 6.07) is 10.8. The highest BCUT2D eigenvalue weighted by atomic mass is 16.7. The lowest BCUT2D eigenvalue weighted by Gasteiger charge is -2.40. The number of fused-ring (bicyclic) bond motifs is 2. The summed E-state index contributed by atoms with van der Waals surface area (Å²) < 4.78 is 11.0. The zero-order valence-corrected chi connectivity index (χ0v) is 16.3. The van der Waals surface area contributed by atoms with Crippen molar-refractivity contribution in [3.63, 3.8) is 0 Å². The van der Waals surface area contributed by atoms with Gasteiger partial charge in [-0.1, -0.05) is 12.1 Å². The molecule has 0 saturated carbocycles. The maximum absolute atomic E-state index is 13.2. The minimum absolute atomic E-state index is 0.0976. The number of hydrogen-bond acceptors (Lipinski definition) is 8. The standard InChI is InChI=1S/C20H18N6O4/c1-19(2)29-17(27)20(18(28)30-19,9-11-3-5-13-15(7-11)23-25-21-13)10-12-4-6-14-16(8-12)24-26-22-14/h3-8H,9-10H2,1-2H3,(H,21,23,25)(H,22,24,26). The molecule has 2 aromatic heterocycles. The third-order valence-corrected chi connectivity index (χ3v) is 5.23. The van der Waals surface area contributed by atoms with Gasteiger partial charge in [0.1, 0.15) is 22.1 Å². The lowest BCUT2D eigenvalue weighted by molar-refractivity contribution is -0.251. The molecule has 0 aliphatic carbocycles. The van der Waals surface area contributed by atoms with Crippen LogP contribution in [0.2, 0.25) is 0 Å². The van der Waals surface area contributed by atoms with Crippen molar-refractivity contribution in [2.24, 2.45) is 5.41 Å². The molecule has 2 aromatic carbocycles. The molecule has 1 aliphatic rings. The van der Waals surface area contributed by atoms with Gasteiger partial charge in [0.2, 0.25) is 0 Å². The number of cyclic esters (lactones) is 2. The normalized spacial score (nSPS) is 17.8. The van der Waals surface area contributed by atoms with E-state index in [1.165, 1.54) is 13.8 Å². The van der Waals surface area contributed by atoms with Gasteiger partial charge in [0.05, 0.1) is 0 Å². The fraction of sp³-hybridized carbons (Fsp3) is 0.300. The number of ether oxygens (including phenoxy) is 2. The van der Waals surface area contributed by atoms with Crippen molar-refractivity contribution in [2.45, 2.75) is 32.5 Å². The van der Waals surface area contributed by atoms with E-state index < -0.39 is 23.1 Å². The van der Waals surface area contributed by atoms with Crippen molar-refractivity contribution >= 4 is 34.0 Å². The van der Waals surface area contributed by atoms with Crippen LogP contribution in [-0.4, -0.2) is 48.5 Å². The van der Waals surface area contributed by atoms with Crippen molar-refractivity contribution in [1.82, 2.24) is 30.8 Å². The van der Waals surface area contributed by atoms with Crippen molar-refractivity contribution in [2.75, 3.05) is 0 Å². The van der Waals surface area contributed by atoms with E-state index in [9.17, 15) is 9.59 Å². The summed E-state index contributed by atoms with van der Waals surface area (Å²) in [6.45, 7) is 3.07. The van der Waals surface area contributed by atoms with Gasteiger partial charge in [-0.2, -0.15) is 30.8 Å². The molecule has 0 amide bonds. The Balaban J connectivity index is 1.57. The zero-order valence-electron chi connectivity index (χ0n) is 16.3. The predicted molar refractivity (Wildman–Crippen MR) is 104 cm³/mol. The van der Waals surface area contributed by atoms with Gasteiger partial charge in [-0.3, -0.25) is 9.59 Å². The second-order valence-electron chi connectivity index (χ2n) is 7.91. The first kappa shape index (κ1) is 18.2. The van der Waals surface area contributed by atoms with Crippen LogP contribution in [0.25, 0.3) is 22.1 Å². The Hall–Kier alpha value is -3.82. The average Bonchev–Trinajstić information content (AvgIpc) is 3.33. The Bertz CT molecular complexity index is 1190. The van der Waals surface area contributed by atoms with E-state index in [0.717, 1.165) is 11.1 Å². The number of nitrogens with zero attached hydrogens (tertiary/aromatic N) is 4. The highest BCUT2D eigenvalue weighted by molar-refractivity contribution is 6.02. The molecule has 152 valence electrons. The fourth-order valence-electron chi connectivity index (χ4n) is 3.79. The largest absolute Gasteiger partial charge is 0.422 e. The van der Waals surface area contributed by atoms with Gasteiger partial charge in [-0.05, 0) is 48.2 Å². The highest BCUT2D eigenvalue weighted by Gasteiger charge is 2.56. The highest BCUT2D eigenvalue weighted by Crippen LogP contribution is 2.39. The number of H-pyrrole nitrogens is 2. The second-order valence-corrected chi connectivity index (χ2v) is 7.91. The van der Waals surface area contributed by atoms with Crippen molar-refractivity contribution in [3.05, 3.63) is 47.5 Å². The van der Waals surface area contributed by atoms with Crippen molar-refractivity contribution in [1.29, 1.82) is 0 Å². The summed E-state index contributed by atoms with van der Waals surface area (Å²) in [5.74, 6) is -2.56. The van der Waals surface area contributed by atoms with Crippen molar-refractivity contribution < 1.29 is 19.1 Å². The Morgan fingerprint density at radius 3 is 1.63 bits per heavy atom. The quantitative estimate of drug-likeness (QED) is 0.387. The van der Waals surface area contributed by atoms with Crippen LogP contribution in [0.15, 0.2) is 36.4 Å². The van der Waals surface area contributed by atoms with E-state index >= 15 is 0 Å². The lowest BCUT2D eigenvalue weighted by atomic mass is 9.75. The molecule has 5 rings (SSSR count). The van der Waals surface area contributed by atoms with E-state index in [1.54, 1.807) is 24.3 Å². The maximum atomic E-state index is 13.2. The minimum atomic E-state index is -1.54. The molecule has 0 unspecified atom stereocenters.